The van der Waals surface area contributed by atoms with Gasteiger partial charge in [0.15, 0.2) is 0 Å². The maximum Gasteiger partial charge on any atom is 0.242 e. The Bertz CT molecular complexity index is 1080. The van der Waals surface area contributed by atoms with Crippen LogP contribution in [0.5, 0.6) is 11.5 Å². The fourth-order valence-corrected chi connectivity index (χ4v) is 3.76. The third-order valence-corrected chi connectivity index (χ3v) is 5.76. The number of hydrogen-bond donors (Lipinski definition) is 1. The molecular weight excluding hydrogens is 394 g/mol. The molecule has 0 atom stereocenters. The number of ether oxygens (including phenoxy) is 2. The van der Waals surface area contributed by atoms with Crippen molar-refractivity contribution in [2.75, 3.05) is 14.2 Å². The third kappa shape index (κ3) is 4.75. The molecule has 1 aromatic heterocycles. The highest BCUT2D eigenvalue weighted by Crippen LogP contribution is 2.29. The lowest BCUT2D eigenvalue weighted by Crippen LogP contribution is -2.23. The molecule has 1 heterocycles. The highest BCUT2D eigenvalue weighted by Gasteiger charge is 2.19. The Labute approximate surface area is 169 Å². The molecule has 3 rings (SSSR count). The second-order valence-corrected chi connectivity index (χ2v) is 8.39. The zero-order valence-electron chi connectivity index (χ0n) is 16.7. The SMILES string of the molecule is COc1ccc(-c2noc(CNS(=O)(=O)c3ccc(OC)c(C(C)C)c3)n2)cc1. The summed E-state index contributed by atoms with van der Waals surface area (Å²) in [5.74, 6) is 2.01. The molecule has 0 aliphatic rings. The average molecular weight is 417 g/mol. The van der Waals surface area contributed by atoms with Gasteiger partial charge >= 0.3 is 0 Å². The van der Waals surface area contributed by atoms with Gasteiger partial charge < -0.3 is 14.0 Å². The molecule has 0 amide bonds. The molecular formula is C20H23N3O5S. The first-order chi connectivity index (χ1) is 13.8. The van der Waals surface area contributed by atoms with Gasteiger partial charge in [0.05, 0.1) is 25.7 Å². The summed E-state index contributed by atoms with van der Waals surface area (Å²) < 4.78 is 43.4. The van der Waals surface area contributed by atoms with Crippen LogP contribution in [0.4, 0.5) is 0 Å². The summed E-state index contributed by atoms with van der Waals surface area (Å²) in [5, 5.41) is 3.90. The molecule has 3 aromatic rings. The van der Waals surface area contributed by atoms with Crippen molar-refractivity contribution in [3.8, 4) is 22.9 Å². The molecule has 0 aliphatic carbocycles. The first kappa shape index (κ1) is 20.8. The van der Waals surface area contributed by atoms with Gasteiger partial charge in [-0.05, 0) is 53.9 Å². The predicted octanol–water partition coefficient (Wildman–Crippen LogP) is 3.36. The number of sulfonamides is 1. The third-order valence-electron chi connectivity index (χ3n) is 4.36. The summed E-state index contributed by atoms with van der Waals surface area (Å²) in [6.45, 7) is 3.83. The fraction of sp³-hybridized carbons (Fsp3) is 0.300. The number of rotatable bonds is 8. The van der Waals surface area contributed by atoms with Crippen LogP contribution < -0.4 is 14.2 Å². The van der Waals surface area contributed by atoms with E-state index in [4.69, 9.17) is 14.0 Å². The number of nitrogens with one attached hydrogen (secondary N) is 1. The van der Waals surface area contributed by atoms with Crippen molar-refractivity contribution in [2.24, 2.45) is 0 Å². The molecule has 0 fully saturated rings. The van der Waals surface area contributed by atoms with Gasteiger partial charge in [-0.1, -0.05) is 19.0 Å². The minimum atomic E-state index is -3.75. The maximum atomic E-state index is 12.7. The summed E-state index contributed by atoms with van der Waals surface area (Å²) in [6.07, 6.45) is 0. The Morgan fingerprint density at radius 3 is 2.41 bits per heavy atom. The Hall–Kier alpha value is -2.91. The Balaban J connectivity index is 1.74. The van der Waals surface area contributed by atoms with Gasteiger partial charge in [-0.2, -0.15) is 4.98 Å². The zero-order chi connectivity index (χ0) is 21.0. The van der Waals surface area contributed by atoms with Gasteiger partial charge in [0.1, 0.15) is 11.5 Å². The molecule has 0 aliphatic heterocycles. The van der Waals surface area contributed by atoms with Crippen LogP contribution in [0.25, 0.3) is 11.4 Å². The van der Waals surface area contributed by atoms with Crippen molar-refractivity contribution in [1.29, 1.82) is 0 Å². The van der Waals surface area contributed by atoms with Crippen molar-refractivity contribution >= 4 is 10.0 Å². The Kier molecular flexibility index (Phi) is 6.19. The lowest BCUT2D eigenvalue weighted by Gasteiger charge is -2.13. The number of hydrogen-bond acceptors (Lipinski definition) is 7. The predicted molar refractivity (Wildman–Crippen MR) is 107 cm³/mol. The van der Waals surface area contributed by atoms with E-state index in [1.54, 1.807) is 50.6 Å². The molecule has 0 spiro atoms. The Morgan fingerprint density at radius 2 is 1.79 bits per heavy atom. The van der Waals surface area contributed by atoms with Crippen molar-refractivity contribution in [2.45, 2.75) is 31.2 Å². The lowest BCUT2D eigenvalue weighted by atomic mass is 10.0. The van der Waals surface area contributed by atoms with E-state index in [1.807, 2.05) is 13.8 Å². The molecule has 9 heteroatoms. The van der Waals surface area contributed by atoms with Crippen LogP contribution in [0, 0.1) is 0 Å². The highest BCUT2D eigenvalue weighted by molar-refractivity contribution is 7.89. The lowest BCUT2D eigenvalue weighted by molar-refractivity contribution is 0.376. The van der Waals surface area contributed by atoms with Gasteiger partial charge in [0, 0.05) is 5.56 Å². The number of methoxy groups -OCH3 is 2. The van der Waals surface area contributed by atoms with Crippen molar-refractivity contribution in [1.82, 2.24) is 14.9 Å². The van der Waals surface area contributed by atoms with Crippen molar-refractivity contribution in [3.63, 3.8) is 0 Å². The van der Waals surface area contributed by atoms with Crippen LogP contribution in [-0.4, -0.2) is 32.8 Å². The summed E-state index contributed by atoms with van der Waals surface area (Å²) >= 11 is 0. The smallest absolute Gasteiger partial charge is 0.242 e. The summed E-state index contributed by atoms with van der Waals surface area (Å²) in [6, 6.07) is 11.9. The van der Waals surface area contributed by atoms with E-state index < -0.39 is 10.0 Å². The van der Waals surface area contributed by atoms with Gasteiger partial charge in [-0.3, -0.25) is 0 Å². The Morgan fingerprint density at radius 1 is 1.07 bits per heavy atom. The average Bonchev–Trinajstić information content (AvgIpc) is 3.21. The van der Waals surface area contributed by atoms with Gasteiger partial charge in [0.25, 0.3) is 0 Å². The topological polar surface area (TPSA) is 104 Å². The molecule has 1 N–H and O–H groups in total. The quantitative estimate of drug-likeness (QED) is 0.599. The largest absolute Gasteiger partial charge is 0.497 e. The molecule has 2 aromatic carbocycles. The van der Waals surface area contributed by atoms with Crippen LogP contribution in [0.2, 0.25) is 0 Å². The van der Waals surface area contributed by atoms with Crippen LogP contribution in [0.3, 0.4) is 0 Å². The molecule has 0 bridgehead atoms. The van der Waals surface area contributed by atoms with E-state index >= 15 is 0 Å². The minimum absolute atomic E-state index is 0.114. The molecule has 0 saturated heterocycles. The van der Waals surface area contributed by atoms with Crippen LogP contribution in [0.1, 0.15) is 31.2 Å². The minimum Gasteiger partial charge on any atom is -0.497 e. The first-order valence-electron chi connectivity index (χ1n) is 8.98. The molecule has 29 heavy (non-hydrogen) atoms. The summed E-state index contributed by atoms with van der Waals surface area (Å²) in [5.41, 5.74) is 1.55. The van der Waals surface area contributed by atoms with E-state index in [9.17, 15) is 8.42 Å². The van der Waals surface area contributed by atoms with Gasteiger partial charge in [-0.15, -0.1) is 0 Å². The standard InChI is InChI=1S/C20H23N3O5S/c1-13(2)17-11-16(9-10-18(17)27-4)29(24,25)21-12-19-22-20(23-28-19)14-5-7-15(26-3)8-6-14/h5-11,13,21H,12H2,1-4H3. The molecule has 154 valence electrons. The zero-order valence-corrected chi connectivity index (χ0v) is 17.5. The first-order valence-corrected chi connectivity index (χ1v) is 10.5. The van der Waals surface area contributed by atoms with Gasteiger partial charge in [-0.25, -0.2) is 13.1 Å². The summed E-state index contributed by atoms with van der Waals surface area (Å²) in [4.78, 5) is 4.39. The van der Waals surface area contributed by atoms with Gasteiger partial charge in [0.2, 0.25) is 21.7 Å². The van der Waals surface area contributed by atoms with Crippen molar-refractivity contribution in [3.05, 3.63) is 53.9 Å². The molecule has 8 nitrogen and oxygen atoms in total. The maximum absolute atomic E-state index is 12.7. The number of nitrogens with zero attached hydrogens (tertiary/aromatic N) is 2. The van der Waals surface area contributed by atoms with E-state index in [0.29, 0.717) is 17.3 Å². The highest BCUT2D eigenvalue weighted by atomic mass is 32.2. The second kappa shape index (κ2) is 8.62. The second-order valence-electron chi connectivity index (χ2n) is 6.62. The summed E-state index contributed by atoms with van der Waals surface area (Å²) in [7, 11) is -0.611. The monoisotopic (exact) mass is 417 g/mol. The molecule has 0 radical (unpaired) electrons. The molecule has 0 unspecified atom stereocenters. The number of benzene rings is 2. The van der Waals surface area contributed by atoms with Crippen LogP contribution >= 0.6 is 0 Å². The van der Waals surface area contributed by atoms with Crippen LogP contribution in [-0.2, 0) is 16.6 Å². The number of aromatic nitrogens is 2. The van der Waals surface area contributed by atoms with E-state index in [0.717, 1.165) is 11.1 Å². The fourth-order valence-electron chi connectivity index (χ4n) is 2.75. The van der Waals surface area contributed by atoms with E-state index in [2.05, 4.69) is 14.9 Å². The molecule has 0 saturated carbocycles. The van der Waals surface area contributed by atoms with Crippen LogP contribution in [0.15, 0.2) is 51.9 Å². The van der Waals surface area contributed by atoms with Crippen molar-refractivity contribution < 1.29 is 22.4 Å². The van der Waals surface area contributed by atoms with E-state index in [1.165, 1.54) is 6.07 Å². The normalized spacial score (nSPS) is 11.6. The van der Waals surface area contributed by atoms with E-state index in [-0.39, 0.29) is 23.2 Å².